The molecule has 2 atom stereocenters. The Bertz CT molecular complexity index is 1150. The van der Waals surface area contributed by atoms with Crippen molar-refractivity contribution in [1.29, 1.82) is 0 Å². The Balaban J connectivity index is 1.93. The SMILES string of the molecule is CCOC(=O)C1CCN(C(=O)CCC(=O)NC(=O)[C@H](CC)NC(=O)[C@](C)(CCCNC(N)=O)Nc2ccc(CN)cc2)CC1. The molecule has 0 aromatic heterocycles. The molecule has 1 aliphatic rings. The molecule has 2 rings (SSSR count). The van der Waals surface area contributed by atoms with Crippen molar-refractivity contribution in [3.05, 3.63) is 29.8 Å². The highest BCUT2D eigenvalue weighted by Gasteiger charge is 2.35. The number of carbonyl (C=O) groups excluding carboxylic acids is 6. The number of nitrogens with one attached hydrogen (secondary N) is 4. The molecule has 0 spiro atoms. The number of benzene rings is 1. The molecule has 0 aliphatic carbocycles. The highest BCUT2D eigenvalue weighted by atomic mass is 16.5. The minimum absolute atomic E-state index is 0.0867. The van der Waals surface area contributed by atoms with Gasteiger partial charge in [-0.05, 0) is 63.6 Å². The second-order valence-electron chi connectivity index (χ2n) is 11.0. The van der Waals surface area contributed by atoms with E-state index in [-0.39, 0.29) is 50.0 Å². The van der Waals surface area contributed by atoms with Crippen LogP contribution in [0.25, 0.3) is 0 Å². The molecular weight excluding hydrogens is 570 g/mol. The lowest BCUT2D eigenvalue weighted by molar-refractivity contribution is -0.151. The fraction of sp³-hybridized carbons (Fsp3) is 0.600. The van der Waals surface area contributed by atoms with Gasteiger partial charge in [0.15, 0.2) is 0 Å². The first-order valence-electron chi connectivity index (χ1n) is 15.1. The van der Waals surface area contributed by atoms with Gasteiger partial charge in [0, 0.05) is 44.7 Å². The number of amides is 6. The average Bonchev–Trinajstić information content (AvgIpc) is 3.01. The van der Waals surface area contributed by atoms with E-state index < -0.39 is 35.3 Å². The van der Waals surface area contributed by atoms with Crippen molar-refractivity contribution in [3.63, 3.8) is 0 Å². The maximum atomic E-state index is 13.5. The second-order valence-corrected chi connectivity index (χ2v) is 11.0. The van der Waals surface area contributed by atoms with Gasteiger partial charge in [-0.1, -0.05) is 19.1 Å². The molecule has 1 saturated heterocycles. The quantitative estimate of drug-likeness (QED) is 0.115. The Hall–Kier alpha value is -4.20. The van der Waals surface area contributed by atoms with Crippen LogP contribution in [0.4, 0.5) is 10.5 Å². The van der Waals surface area contributed by atoms with Gasteiger partial charge >= 0.3 is 12.0 Å². The van der Waals surface area contributed by atoms with Gasteiger partial charge in [-0.25, -0.2) is 4.79 Å². The summed E-state index contributed by atoms with van der Waals surface area (Å²) in [6.45, 7) is 6.85. The molecule has 14 heteroatoms. The molecule has 0 unspecified atom stereocenters. The normalized spacial score (nSPS) is 15.3. The fourth-order valence-corrected chi connectivity index (χ4v) is 4.89. The van der Waals surface area contributed by atoms with E-state index in [1.54, 1.807) is 37.8 Å². The van der Waals surface area contributed by atoms with Crippen LogP contribution in [-0.2, 0) is 35.3 Å². The Kier molecular flexibility index (Phi) is 14.6. The Morgan fingerprint density at radius 3 is 2.27 bits per heavy atom. The first kappa shape index (κ1) is 36.0. The van der Waals surface area contributed by atoms with Crippen molar-refractivity contribution in [2.24, 2.45) is 17.4 Å². The largest absolute Gasteiger partial charge is 0.466 e. The topological polar surface area (TPSA) is 215 Å². The van der Waals surface area contributed by atoms with Gasteiger partial charge in [0.2, 0.25) is 23.6 Å². The number of hydrogen-bond acceptors (Lipinski definition) is 9. The molecule has 244 valence electrons. The summed E-state index contributed by atoms with van der Waals surface area (Å²) in [5.41, 5.74) is 11.2. The van der Waals surface area contributed by atoms with Crippen LogP contribution in [-0.4, -0.2) is 78.4 Å². The van der Waals surface area contributed by atoms with Gasteiger partial charge in [0.25, 0.3) is 0 Å². The smallest absolute Gasteiger partial charge is 0.312 e. The standard InChI is InChI=1S/C30H47N7O7/c1-4-23(26(40)35-24(38)11-12-25(39)37-17-13-21(14-18-37)27(41)44-5-2)34-28(42)30(3,15-6-16-33-29(32)43)36-22-9-7-20(19-31)8-10-22/h7-10,21,23,36H,4-6,11-19,31H2,1-3H3,(H,34,42)(H3,32,33,43)(H,35,38,40)/t23-,30-/m0/s1. The van der Waals surface area contributed by atoms with E-state index in [1.165, 1.54) is 0 Å². The van der Waals surface area contributed by atoms with Gasteiger partial charge in [-0.3, -0.25) is 29.3 Å². The number of carbonyl (C=O) groups is 6. The van der Waals surface area contributed by atoms with Gasteiger partial charge in [-0.2, -0.15) is 0 Å². The predicted molar refractivity (Wildman–Crippen MR) is 164 cm³/mol. The number of hydrogen-bond donors (Lipinski definition) is 6. The zero-order valence-corrected chi connectivity index (χ0v) is 25.9. The lowest BCUT2D eigenvalue weighted by Gasteiger charge is -2.32. The van der Waals surface area contributed by atoms with Crippen LogP contribution in [0.1, 0.15) is 71.3 Å². The summed E-state index contributed by atoms with van der Waals surface area (Å²) in [5.74, 6) is -2.51. The minimum Gasteiger partial charge on any atom is -0.466 e. The number of nitrogens with two attached hydrogens (primary N) is 2. The van der Waals surface area contributed by atoms with Crippen molar-refractivity contribution >= 4 is 41.3 Å². The van der Waals surface area contributed by atoms with E-state index in [1.807, 2.05) is 12.1 Å². The van der Waals surface area contributed by atoms with Gasteiger partial charge in [0.05, 0.1) is 12.5 Å². The number of anilines is 1. The van der Waals surface area contributed by atoms with E-state index in [4.69, 9.17) is 16.2 Å². The summed E-state index contributed by atoms with van der Waals surface area (Å²) in [7, 11) is 0. The maximum Gasteiger partial charge on any atom is 0.312 e. The zero-order valence-electron chi connectivity index (χ0n) is 25.9. The molecule has 14 nitrogen and oxygen atoms in total. The summed E-state index contributed by atoms with van der Waals surface area (Å²) < 4.78 is 5.05. The van der Waals surface area contributed by atoms with Gasteiger partial charge in [-0.15, -0.1) is 0 Å². The van der Waals surface area contributed by atoms with Crippen molar-refractivity contribution in [2.75, 3.05) is 31.6 Å². The van der Waals surface area contributed by atoms with E-state index in [9.17, 15) is 28.8 Å². The van der Waals surface area contributed by atoms with Crippen LogP contribution < -0.4 is 32.7 Å². The summed E-state index contributed by atoms with van der Waals surface area (Å²) in [5, 5.41) is 10.7. The van der Waals surface area contributed by atoms with Crippen molar-refractivity contribution in [1.82, 2.24) is 20.9 Å². The Labute approximate surface area is 258 Å². The monoisotopic (exact) mass is 617 g/mol. The molecule has 0 bridgehead atoms. The Morgan fingerprint density at radius 1 is 1.05 bits per heavy atom. The maximum absolute atomic E-state index is 13.5. The van der Waals surface area contributed by atoms with E-state index in [2.05, 4.69) is 21.3 Å². The molecule has 6 amide bonds. The van der Waals surface area contributed by atoms with Crippen LogP contribution >= 0.6 is 0 Å². The molecule has 1 aliphatic heterocycles. The molecule has 1 aromatic carbocycles. The van der Waals surface area contributed by atoms with Crippen LogP contribution in [0.3, 0.4) is 0 Å². The molecule has 1 fully saturated rings. The molecule has 0 radical (unpaired) electrons. The summed E-state index contributed by atoms with van der Waals surface area (Å²) in [6, 6.07) is 5.57. The highest BCUT2D eigenvalue weighted by molar-refractivity contribution is 6.01. The van der Waals surface area contributed by atoms with Gasteiger partial charge in [0.1, 0.15) is 11.6 Å². The predicted octanol–water partition coefficient (Wildman–Crippen LogP) is 0.884. The summed E-state index contributed by atoms with van der Waals surface area (Å²) >= 11 is 0. The molecule has 1 aromatic rings. The number of ether oxygens (including phenoxy) is 1. The first-order valence-corrected chi connectivity index (χ1v) is 15.1. The van der Waals surface area contributed by atoms with E-state index in [0.717, 1.165) is 5.56 Å². The number of urea groups is 1. The molecule has 1 heterocycles. The third-order valence-electron chi connectivity index (χ3n) is 7.59. The Morgan fingerprint density at radius 2 is 1.70 bits per heavy atom. The van der Waals surface area contributed by atoms with Crippen molar-refractivity contribution in [2.45, 2.75) is 83.8 Å². The number of nitrogens with zero attached hydrogens (tertiary/aromatic N) is 1. The average molecular weight is 618 g/mol. The third-order valence-corrected chi connectivity index (χ3v) is 7.59. The number of piperidine rings is 1. The molecule has 44 heavy (non-hydrogen) atoms. The van der Waals surface area contributed by atoms with Gasteiger partial charge < -0.3 is 37.1 Å². The molecular formula is C30H47N7O7. The van der Waals surface area contributed by atoms with Crippen LogP contribution in [0.5, 0.6) is 0 Å². The van der Waals surface area contributed by atoms with Crippen molar-refractivity contribution < 1.29 is 33.5 Å². The first-order chi connectivity index (χ1) is 20.9. The lowest BCUT2D eigenvalue weighted by Crippen LogP contribution is -2.57. The summed E-state index contributed by atoms with van der Waals surface area (Å²) in [6.07, 6.45) is 1.63. The fourth-order valence-electron chi connectivity index (χ4n) is 4.89. The number of primary amides is 1. The zero-order chi connectivity index (χ0) is 32.7. The molecule has 8 N–H and O–H groups in total. The number of rotatable bonds is 16. The lowest BCUT2D eigenvalue weighted by atomic mass is 9.93. The highest BCUT2D eigenvalue weighted by Crippen LogP contribution is 2.22. The van der Waals surface area contributed by atoms with Crippen molar-refractivity contribution in [3.8, 4) is 0 Å². The minimum atomic E-state index is -1.19. The van der Waals surface area contributed by atoms with Crippen LogP contribution in [0.2, 0.25) is 0 Å². The van der Waals surface area contributed by atoms with E-state index in [0.29, 0.717) is 51.2 Å². The summed E-state index contributed by atoms with van der Waals surface area (Å²) in [4.78, 5) is 76.2. The molecule has 0 saturated carbocycles. The third kappa shape index (κ3) is 11.5. The number of imide groups is 1. The van der Waals surface area contributed by atoms with E-state index >= 15 is 0 Å². The second kappa shape index (κ2) is 17.8. The van der Waals surface area contributed by atoms with Crippen LogP contribution in [0.15, 0.2) is 24.3 Å². The number of likely N-dealkylation sites (tertiary alicyclic amines) is 1. The van der Waals surface area contributed by atoms with Crippen LogP contribution in [0, 0.1) is 5.92 Å². The number of esters is 1.